The predicted molar refractivity (Wildman–Crippen MR) is 46.6 cm³/mol. The van der Waals surface area contributed by atoms with E-state index < -0.39 is 13.8 Å². The largest absolute Gasteiger partial charge is 0.523 e. The highest BCUT2D eigenvalue weighted by Crippen LogP contribution is 2.17. The molecule has 0 aliphatic carbocycles. The first-order chi connectivity index (χ1) is 5.16. The molecule has 0 aromatic rings. The van der Waals surface area contributed by atoms with E-state index in [4.69, 9.17) is 24.9 Å². The fourth-order valence-corrected chi connectivity index (χ4v) is 3.00. The second kappa shape index (κ2) is 4.90. The quantitative estimate of drug-likeness (QED) is 0.376. The molecule has 1 atom stereocenters. The lowest BCUT2D eigenvalue weighted by atomic mass is 10.8. The fourth-order valence-electron chi connectivity index (χ4n) is 0.732. The van der Waals surface area contributed by atoms with Gasteiger partial charge in [0.2, 0.25) is 0 Å². The van der Waals surface area contributed by atoms with Crippen LogP contribution >= 0.6 is 11.6 Å². The Morgan fingerprint density at radius 3 is 1.73 bits per heavy atom. The third-order valence-electron chi connectivity index (χ3n) is 1.40. The Balaban J connectivity index is 4.38. The number of rotatable bonds is 5. The van der Waals surface area contributed by atoms with Crippen molar-refractivity contribution in [1.82, 2.24) is 0 Å². The Morgan fingerprint density at radius 2 is 1.64 bits per heavy atom. The Kier molecular flexibility index (Phi) is 4.95. The van der Waals surface area contributed by atoms with Crippen LogP contribution in [-0.2, 0) is 13.3 Å². The normalized spacial score (nSPS) is 14.5. The molecule has 11 heavy (non-hydrogen) atoms. The molecule has 0 fully saturated rings. The first-order valence-electron chi connectivity index (χ1n) is 3.09. The smallest absolute Gasteiger partial charge is 0.376 e. The number of halogens is 1. The van der Waals surface area contributed by atoms with Gasteiger partial charge in [0.25, 0.3) is 0 Å². The van der Waals surface area contributed by atoms with Gasteiger partial charge in [0.15, 0.2) is 0 Å². The van der Waals surface area contributed by atoms with Gasteiger partial charge in [0, 0.05) is 21.3 Å². The zero-order chi connectivity index (χ0) is 8.91. The monoisotopic (exact) mass is 196 g/mol. The van der Waals surface area contributed by atoms with Crippen LogP contribution in [-0.4, -0.2) is 35.1 Å². The zero-order valence-corrected chi connectivity index (χ0v) is 8.72. The second-order valence-corrected chi connectivity index (χ2v) is 5.74. The molecule has 0 spiro atoms. The molecule has 0 N–H and O–H groups in total. The first-order valence-corrected chi connectivity index (χ1v) is 5.32. The van der Waals surface area contributed by atoms with Crippen molar-refractivity contribution in [3.8, 4) is 0 Å². The molecule has 0 heterocycles. The van der Waals surface area contributed by atoms with Crippen LogP contribution in [0.25, 0.3) is 0 Å². The highest BCUT2D eigenvalue weighted by molar-refractivity contribution is 6.72. The average Bonchev–Trinajstić information content (AvgIpc) is 2.08. The summed E-state index contributed by atoms with van der Waals surface area (Å²) in [6.45, 7) is 3.53. The fraction of sp³-hybridized carbons (Fsp3) is 0.667. The van der Waals surface area contributed by atoms with Crippen molar-refractivity contribution in [3.63, 3.8) is 0 Å². The molecule has 0 rings (SSSR count). The maximum Gasteiger partial charge on any atom is 0.523 e. The van der Waals surface area contributed by atoms with Gasteiger partial charge in [-0.2, -0.15) is 0 Å². The Hall–Kier alpha value is 0.127. The van der Waals surface area contributed by atoms with E-state index in [1.165, 1.54) is 21.3 Å². The van der Waals surface area contributed by atoms with E-state index in [1.807, 2.05) is 0 Å². The second-order valence-electron chi connectivity index (χ2n) is 1.85. The van der Waals surface area contributed by atoms with Crippen LogP contribution < -0.4 is 0 Å². The number of hydrogen-bond donors (Lipinski definition) is 0. The van der Waals surface area contributed by atoms with Crippen LogP contribution in [0.15, 0.2) is 12.7 Å². The molecule has 5 heteroatoms. The van der Waals surface area contributed by atoms with Gasteiger partial charge in [-0.15, -0.1) is 18.2 Å². The molecule has 0 aromatic heterocycles. The molecule has 0 saturated heterocycles. The Bertz CT molecular complexity index is 119. The van der Waals surface area contributed by atoms with Crippen LogP contribution in [0.5, 0.6) is 0 Å². The molecule has 0 bridgehead atoms. The van der Waals surface area contributed by atoms with E-state index in [0.717, 1.165) is 0 Å². The summed E-state index contributed by atoms with van der Waals surface area (Å²) in [6.07, 6.45) is 1.55. The SMILES string of the molecule is C=CC(Cl)[Si](OC)(OC)OC. The third kappa shape index (κ3) is 2.28. The molecule has 0 amide bonds. The summed E-state index contributed by atoms with van der Waals surface area (Å²) in [7, 11) is 1.86. The standard InChI is InChI=1S/C6H13ClO3Si/c1-5-6(7)11(8-2,9-3)10-4/h5-6H,1H2,2-4H3. The predicted octanol–water partition coefficient (Wildman–Crippen LogP) is 1.20. The molecular formula is C6H13ClO3Si. The van der Waals surface area contributed by atoms with Crippen molar-refractivity contribution in [2.75, 3.05) is 21.3 Å². The molecular weight excluding hydrogens is 184 g/mol. The van der Waals surface area contributed by atoms with Crippen LogP contribution in [0.4, 0.5) is 0 Å². The summed E-state index contributed by atoms with van der Waals surface area (Å²) in [5.41, 5.74) is 0. The average molecular weight is 197 g/mol. The van der Waals surface area contributed by atoms with E-state index in [0.29, 0.717) is 0 Å². The molecule has 0 aliphatic rings. The maximum absolute atomic E-state index is 5.86. The highest BCUT2D eigenvalue weighted by Gasteiger charge is 2.44. The minimum Gasteiger partial charge on any atom is -0.376 e. The number of alkyl halides is 1. The highest BCUT2D eigenvalue weighted by atomic mass is 35.5. The summed E-state index contributed by atoms with van der Waals surface area (Å²) < 4.78 is 15.2. The molecule has 1 unspecified atom stereocenters. The van der Waals surface area contributed by atoms with E-state index in [-0.39, 0.29) is 0 Å². The maximum atomic E-state index is 5.86. The summed E-state index contributed by atoms with van der Waals surface area (Å²) in [5.74, 6) is 0. The van der Waals surface area contributed by atoms with Crippen molar-refractivity contribution in [1.29, 1.82) is 0 Å². The van der Waals surface area contributed by atoms with Crippen molar-refractivity contribution in [2.24, 2.45) is 0 Å². The summed E-state index contributed by atoms with van der Waals surface area (Å²) in [5, 5.41) is -0.400. The first kappa shape index (κ1) is 11.1. The van der Waals surface area contributed by atoms with Crippen molar-refractivity contribution < 1.29 is 13.3 Å². The lowest BCUT2D eigenvalue weighted by Crippen LogP contribution is -2.51. The van der Waals surface area contributed by atoms with Gasteiger partial charge < -0.3 is 13.3 Å². The summed E-state index contributed by atoms with van der Waals surface area (Å²) >= 11 is 5.86. The molecule has 0 aromatic carbocycles. The van der Waals surface area contributed by atoms with Crippen molar-refractivity contribution >= 4 is 20.4 Å². The molecule has 0 aliphatic heterocycles. The van der Waals surface area contributed by atoms with Gasteiger partial charge in [-0.05, 0) is 0 Å². The molecule has 66 valence electrons. The van der Waals surface area contributed by atoms with Crippen LogP contribution in [0.1, 0.15) is 0 Å². The molecule has 3 nitrogen and oxygen atoms in total. The third-order valence-corrected chi connectivity index (χ3v) is 5.00. The van der Waals surface area contributed by atoms with Gasteiger partial charge in [-0.25, -0.2) is 0 Å². The Morgan fingerprint density at radius 1 is 1.27 bits per heavy atom. The molecule has 0 saturated carbocycles. The van der Waals surface area contributed by atoms with E-state index in [9.17, 15) is 0 Å². The lowest BCUT2D eigenvalue weighted by Gasteiger charge is -2.26. The van der Waals surface area contributed by atoms with E-state index >= 15 is 0 Å². The zero-order valence-electron chi connectivity index (χ0n) is 6.96. The minimum atomic E-state index is -2.67. The van der Waals surface area contributed by atoms with E-state index in [1.54, 1.807) is 6.08 Å². The number of hydrogen-bond acceptors (Lipinski definition) is 3. The lowest BCUT2D eigenvalue weighted by molar-refractivity contribution is 0.124. The van der Waals surface area contributed by atoms with Gasteiger partial charge in [0.05, 0.1) is 0 Å². The molecule has 0 radical (unpaired) electrons. The van der Waals surface area contributed by atoms with Crippen LogP contribution in [0.3, 0.4) is 0 Å². The number of allylic oxidation sites excluding steroid dienone is 1. The van der Waals surface area contributed by atoms with Crippen LogP contribution in [0.2, 0.25) is 0 Å². The summed E-state index contributed by atoms with van der Waals surface area (Å²) in [4.78, 5) is 0. The van der Waals surface area contributed by atoms with E-state index in [2.05, 4.69) is 6.58 Å². The van der Waals surface area contributed by atoms with Gasteiger partial charge in [0.1, 0.15) is 5.00 Å². The van der Waals surface area contributed by atoms with Crippen LogP contribution in [0, 0.1) is 0 Å². The van der Waals surface area contributed by atoms with Gasteiger partial charge in [-0.1, -0.05) is 6.08 Å². The minimum absolute atomic E-state index is 0.400. The van der Waals surface area contributed by atoms with Crippen molar-refractivity contribution in [3.05, 3.63) is 12.7 Å². The van der Waals surface area contributed by atoms with Crippen molar-refractivity contribution in [2.45, 2.75) is 5.00 Å². The Labute approximate surface area is 73.3 Å². The van der Waals surface area contributed by atoms with Gasteiger partial charge in [-0.3, -0.25) is 0 Å². The van der Waals surface area contributed by atoms with Gasteiger partial charge >= 0.3 is 8.80 Å². The topological polar surface area (TPSA) is 27.7 Å². The summed E-state index contributed by atoms with van der Waals surface area (Å²) in [6, 6.07) is 0.